The van der Waals surface area contributed by atoms with Crippen molar-refractivity contribution in [2.45, 2.75) is 6.61 Å². The summed E-state index contributed by atoms with van der Waals surface area (Å²) in [6.45, 7) is 2.15. The quantitative estimate of drug-likeness (QED) is 0.497. The van der Waals surface area contributed by atoms with Gasteiger partial charge in [-0.3, -0.25) is 4.79 Å². The van der Waals surface area contributed by atoms with Crippen molar-refractivity contribution in [2.75, 3.05) is 40.1 Å². The maximum absolute atomic E-state index is 12.0. The van der Waals surface area contributed by atoms with E-state index in [-0.39, 0.29) is 23.8 Å². The first-order valence-corrected chi connectivity index (χ1v) is 6.87. The Morgan fingerprint density at radius 3 is 2.82 bits per heavy atom. The molecule has 0 aliphatic rings. The molecule has 0 unspecified atom stereocenters. The van der Waals surface area contributed by atoms with Crippen LogP contribution in [0.3, 0.4) is 0 Å². The maximum atomic E-state index is 12.0. The number of hydrogen-bond donors (Lipinski definition) is 2. The number of phenols is 1. The normalized spacial score (nSPS) is 10.2. The van der Waals surface area contributed by atoms with Gasteiger partial charge in [0.1, 0.15) is 12.4 Å². The Morgan fingerprint density at radius 1 is 1.32 bits per heavy atom. The summed E-state index contributed by atoms with van der Waals surface area (Å²) >= 11 is 0. The van der Waals surface area contributed by atoms with Gasteiger partial charge in [0.25, 0.3) is 5.91 Å². The van der Waals surface area contributed by atoms with Crippen LogP contribution in [0.2, 0.25) is 0 Å². The van der Waals surface area contributed by atoms with E-state index >= 15 is 0 Å². The van der Waals surface area contributed by atoms with Gasteiger partial charge >= 0.3 is 0 Å². The first kappa shape index (κ1) is 18.0. The fourth-order valence-corrected chi connectivity index (χ4v) is 1.70. The Kier molecular flexibility index (Phi) is 8.69. The van der Waals surface area contributed by atoms with Crippen molar-refractivity contribution in [2.24, 2.45) is 0 Å². The Morgan fingerprint density at radius 2 is 2.09 bits per heavy atom. The smallest absolute Gasteiger partial charge is 0.255 e. The third kappa shape index (κ3) is 6.59. The van der Waals surface area contributed by atoms with E-state index in [4.69, 9.17) is 20.6 Å². The molecule has 0 bridgehead atoms. The molecule has 0 radical (unpaired) electrons. The highest BCUT2D eigenvalue weighted by Crippen LogP contribution is 2.18. The molecule has 0 saturated carbocycles. The Labute approximate surface area is 130 Å². The summed E-state index contributed by atoms with van der Waals surface area (Å²) in [7, 11) is 1.57. The molecule has 0 aliphatic heterocycles. The predicted molar refractivity (Wildman–Crippen MR) is 81.6 cm³/mol. The lowest BCUT2D eigenvalue weighted by atomic mass is 10.1. The second-order valence-corrected chi connectivity index (χ2v) is 4.41. The van der Waals surface area contributed by atoms with E-state index in [1.807, 2.05) is 0 Å². The van der Waals surface area contributed by atoms with Crippen LogP contribution < -0.4 is 5.32 Å². The van der Waals surface area contributed by atoms with Crippen LogP contribution >= 0.6 is 0 Å². The molecular formula is C16H21NO5. The van der Waals surface area contributed by atoms with Gasteiger partial charge in [0.15, 0.2) is 0 Å². The first-order chi connectivity index (χ1) is 10.7. The van der Waals surface area contributed by atoms with Crippen LogP contribution in [0, 0.1) is 12.3 Å². The number of rotatable bonds is 10. The van der Waals surface area contributed by atoms with E-state index in [1.54, 1.807) is 19.2 Å². The zero-order chi connectivity index (χ0) is 16.2. The third-order valence-corrected chi connectivity index (χ3v) is 2.71. The molecule has 0 aliphatic carbocycles. The van der Waals surface area contributed by atoms with E-state index in [2.05, 4.69) is 11.2 Å². The molecule has 1 aromatic rings. The predicted octanol–water partition coefficient (Wildman–Crippen LogP) is 0.935. The lowest BCUT2D eigenvalue weighted by molar-refractivity contribution is 0.0599. The van der Waals surface area contributed by atoms with Gasteiger partial charge in [0.05, 0.1) is 32.0 Å². The minimum absolute atomic E-state index is 0.0686. The molecular weight excluding hydrogens is 286 g/mol. The minimum atomic E-state index is -0.359. The molecule has 1 aromatic carbocycles. The average Bonchev–Trinajstić information content (AvgIpc) is 2.52. The third-order valence-electron chi connectivity index (χ3n) is 2.71. The monoisotopic (exact) mass is 307 g/mol. The number of carbonyl (C=O) groups excluding carboxylic acids is 1. The largest absolute Gasteiger partial charge is 0.507 e. The van der Waals surface area contributed by atoms with Crippen molar-refractivity contribution in [1.29, 1.82) is 0 Å². The summed E-state index contributed by atoms with van der Waals surface area (Å²) in [5, 5.41) is 12.4. The van der Waals surface area contributed by atoms with Gasteiger partial charge in [-0.2, -0.15) is 0 Å². The molecule has 1 rings (SSSR count). The van der Waals surface area contributed by atoms with Crippen molar-refractivity contribution >= 4 is 5.91 Å². The number of terminal acetylenes is 1. The van der Waals surface area contributed by atoms with Crippen molar-refractivity contribution in [3.8, 4) is 18.1 Å². The highest BCUT2D eigenvalue weighted by molar-refractivity contribution is 5.96. The van der Waals surface area contributed by atoms with E-state index in [0.29, 0.717) is 33.0 Å². The van der Waals surface area contributed by atoms with Gasteiger partial charge in [-0.05, 0) is 17.7 Å². The molecule has 22 heavy (non-hydrogen) atoms. The number of aromatic hydroxyl groups is 1. The van der Waals surface area contributed by atoms with Crippen LogP contribution in [0.4, 0.5) is 0 Å². The summed E-state index contributed by atoms with van der Waals surface area (Å²) in [5.74, 6) is 1.93. The van der Waals surface area contributed by atoms with Gasteiger partial charge < -0.3 is 24.6 Å². The van der Waals surface area contributed by atoms with Crippen molar-refractivity contribution in [1.82, 2.24) is 5.32 Å². The number of hydrogen-bond acceptors (Lipinski definition) is 5. The Balaban J connectivity index is 2.30. The van der Waals surface area contributed by atoms with E-state index in [1.165, 1.54) is 6.07 Å². The van der Waals surface area contributed by atoms with Crippen LogP contribution in [-0.2, 0) is 20.8 Å². The summed E-state index contributed by atoms with van der Waals surface area (Å²) < 4.78 is 15.3. The number of benzene rings is 1. The van der Waals surface area contributed by atoms with E-state index < -0.39 is 0 Å². The molecule has 0 spiro atoms. The fourth-order valence-electron chi connectivity index (χ4n) is 1.70. The molecule has 0 atom stereocenters. The van der Waals surface area contributed by atoms with Crippen molar-refractivity contribution in [3.63, 3.8) is 0 Å². The fraction of sp³-hybridized carbons (Fsp3) is 0.438. The van der Waals surface area contributed by atoms with Gasteiger partial charge in [-0.25, -0.2) is 0 Å². The van der Waals surface area contributed by atoms with Crippen LogP contribution in [0.25, 0.3) is 0 Å². The van der Waals surface area contributed by atoms with Gasteiger partial charge in [-0.15, -0.1) is 6.42 Å². The Hall–Kier alpha value is -2.07. The van der Waals surface area contributed by atoms with Crippen LogP contribution in [0.1, 0.15) is 15.9 Å². The molecule has 0 saturated heterocycles. The summed E-state index contributed by atoms with van der Waals surface area (Å²) in [5.41, 5.74) is 1.03. The molecule has 6 nitrogen and oxygen atoms in total. The number of ether oxygens (including phenoxy) is 3. The molecule has 6 heteroatoms. The van der Waals surface area contributed by atoms with Crippen LogP contribution in [-0.4, -0.2) is 51.1 Å². The van der Waals surface area contributed by atoms with Gasteiger partial charge in [0.2, 0.25) is 0 Å². The number of amides is 1. The van der Waals surface area contributed by atoms with E-state index in [9.17, 15) is 9.90 Å². The van der Waals surface area contributed by atoms with Crippen molar-refractivity contribution < 1.29 is 24.1 Å². The molecule has 120 valence electrons. The average molecular weight is 307 g/mol. The van der Waals surface area contributed by atoms with Crippen molar-refractivity contribution in [3.05, 3.63) is 29.3 Å². The Bertz CT molecular complexity index is 510. The molecule has 0 heterocycles. The first-order valence-electron chi connectivity index (χ1n) is 6.87. The SMILES string of the molecule is C#CCOCCOCCNC(=O)c1cc(COC)ccc1O. The zero-order valence-electron chi connectivity index (χ0n) is 12.6. The number of phenolic OH excluding ortho intramolecular Hbond substituents is 1. The van der Waals surface area contributed by atoms with E-state index in [0.717, 1.165) is 5.56 Å². The molecule has 1 amide bonds. The summed E-state index contributed by atoms with van der Waals surface area (Å²) in [6, 6.07) is 4.78. The lowest BCUT2D eigenvalue weighted by Gasteiger charge is -2.09. The minimum Gasteiger partial charge on any atom is -0.507 e. The standard InChI is InChI=1S/C16H21NO5/c1-3-7-21-9-10-22-8-6-17-16(19)14-11-13(12-20-2)4-5-15(14)18/h1,4-5,11,18H,6-10,12H2,2H3,(H,17,19). The second kappa shape index (κ2) is 10.6. The number of carbonyl (C=O) groups is 1. The van der Waals surface area contributed by atoms with Gasteiger partial charge in [-0.1, -0.05) is 12.0 Å². The topological polar surface area (TPSA) is 77.0 Å². The lowest BCUT2D eigenvalue weighted by Crippen LogP contribution is -2.27. The summed E-state index contributed by atoms with van der Waals surface area (Å²) in [4.78, 5) is 12.0. The molecule has 0 aromatic heterocycles. The molecule has 0 fully saturated rings. The zero-order valence-corrected chi connectivity index (χ0v) is 12.6. The number of nitrogens with one attached hydrogen (secondary N) is 1. The maximum Gasteiger partial charge on any atom is 0.255 e. The summed E-state index contributed by atoms with van der Waals surface area (Å²) in [6.07, 6.45) is 5.03. The van der Waals surface area contributed by atoms with Crippen LogP contribution in [0.15, 0.2) is 18.2 Å². The molecule has 2 N–H and O–H groups in total. The van der Waals surface area contributed by atoms with Gasteiger partial charge in [0, 0.05) is 13.7 Å². The highest BCUT2D eigenvalue weighted by atomic mass is 16.5. The highest BCUT2D eigenvalue weighted by Gasteiger charge is 2.11. The van der Waals surface area contributed by atoms with Crippen LogP contribution in [0.5, 0.6) is 5.75 Å². The second-order valence-electron chi connectivity index (χ2n) is 4.41. The number of methoxy groups -OCH3 is 1.